The summed E-state index contributed by atoms with van der Waals surface area (Å²) < 4.78 is 53.2. The van der Waals surface area contributed by atoms with Gasteiger partial charge in [-0.05, 0) is 36.5 Å². The molecule has 0 heterocycles. The zero-order valence-electron chi connectivity index (χ0n) is 10.6. The van der Waals surface area contributed by atoms with E-state index in [1.54, 1.807) is 0 Å². The molecule has 2 rings (SSSR count). The SMILES string of the molecule is Cl.N[C@@H](c1ccc(OC(F)(F)F)c(F)c1)C1CCCC1. The van der Waals surface area contributed by atoms with E-state index in [2.05, 4.69) is 4.74 Å². The summed E-state index contributed by atoms with van der Waals surface area (Å²) in [5.74, 6) is -1.59. The van der Waals surface area contributed by atoms with E-state index in [4.69, 9.17) is 5.73 Å². The number of hydrogen-bond donors (Lipinski definition) is 1. The van der Waals surface area contributed by atoms with Gasteiger partial charge in [0.25, 0.3) is 0 Å². The molecule has 7 heteroatoms. The first kappa shape index (κ1) is 17.0. The standard InChI is InChI=1S/C13H15F4NO.ClH/c14-10-7-9(12(18)8-3-1-2-4-8)5-6-11(10)19-13(15,16)17;/h5-8,12H,1-4,18H2;1H/t12-;/m1./s1. The molecule has 2 nitrogen and oxygen atoms in total. The van der Waals surface area contributed by atoms with Gasteiger partial charge in [-0.15, -0.1) is 25.6 Å². The van der Waals surface area contributed by atoms with Gasteiger partial charge in [0.2, 0.25) is 0 Å². The average molecular weight is 314 g/mol. The number of benzene rings is 1. The fourth-order valence-electron chi connectivity index (χ4n) is 2.52. The molecule has 0 unspecified atom stereocenters. The molecule has 0 bridgehead atoms. The van der Waals surface area contributed by atoms with Crippen LogP contribution in [-0.2, 0) is 0 Å². The first-order valence-corrected chi connectivity index (χ1v) is 6.17. The summed E-state index contributed by atoms with van der Waals surface area (Å²) in [5.41, 5.74) is 6.53. The second kappa shape index (κ2) is 6.63. The molecule has 20 heavy (non-hydrogen) atoms. The van der Waals surface area contributed by atoms with Crippen molar-refractivity contribution >= 4 is 12.4 Å². The Morgan fingerprint density at radius 1 is 1.20 bits per heavy atom. The number of rotatable bonds is 3. The number of halogens is 5. The lowest BCUT2D eigenvalue weighted by Crippen LogP contribution is -2.20. The lowest BCUT2D eigenvalue weighted by molar-refractivity contribution is -0.275. The van der Waals surface area contributed by atoms with Crippen LogP contribution in [0.15, 0.2) is 18.2 Å². The van der Waals surface area contributed by atoms with Crippen molar-refractivity contribution in [3.8, 4) is 5.75 Å². The van der Waals surface area contributed by atoms with Gasteiger partial charge < -0.3 is 10.5 Å². The maximum Gasteiger partial charge on any atom is 0.573 e. The molecule has 1 saturated carbocycles. The van der Waals surface area contributed by atoms with Crippen molar-refractivity contribution in [1.29, 1.82) is 0 Å². The van der Waals surface area contributed by atoms with Gasteiger partial charge in [-0.3, -0.25) is 0 Å². The maximum absolute atomic E-state index is 13.5. The minimum atomic E-state index is -4.89. The lowest BCUT2D eigenvalue weighted by Gasteiger charge is -2.20. The molecule has 1 atom stereocenters. The van der Waals surface area contributed by atoms with E-state index in [0.29, 0.717) is 5.56 Å². The van der Waals surface area contributed by atoms with Crippen LogP contribution in [0, 0.1) is 11.7 Å². The highest BCUT2D eigenvalue weighted by molar-refractivity contribution is 5.85. The van der Waals surface area contributed by atoms with Gasteiger partial charge in [-0.25, -0.2) is 4.39 Å². The highest BCUT2D eigenvalue weighted by Crippen LogP contribution is 2.35. The van der Waals surface area contributed by atoms with Crippen molar-refractivity contribution in [1.82, 2.24) is 0 Å². The van der Waals surface area contributed by atoms with E-state index >= 15 is 0 Å². The van der Waals surface area contributed by atoms with Crippen LogP contribution in [0.1, 0.15) is 37.3 Å². The summed E-state index contributed by atoms with van der Waals surface area (Å²) in [4.78, 5) is 0. The number of alkyl halides is 3. The second-order valence-corrected chi connectivity index (χ2v) is 4.81. The monoisotopic (exact) mass is 313 g/mol. The van der Waals surface area contributed by atoms with Gasteiger partial charge >= 0.3 is 6.36 Å². The van der Waals surface area contributed by atoms with Gasteiger partial charge in [-0.2, -0.15) is 0 Å². The Bertz CT molecular complexity index is 446. The van der Waals surface area contributed by atoms with E-state index in [1.165, 1.54) is 6.07 Å². The minimum absolute atomic E-state index is 0. The molecule has 114 valence electrons. The molecule has 0 saturated heterocycles. The number of nitrogens with two attached hydrogens (primary N) is 1. The Kier molecular flexibility index (Phi) is 5.65. The van der Waals surface area contributed by atoms with Gasteiger partial charge in [0.05, 0.1) is 0 Å². The molecular weight excluding hydrogens is 298 g/mol. The Hall–Kier alpha value is -1.01. The summed E-state index contributed by atoms with van der Waals surface area (Å²) in [6.45, 7) is 0. The molecule has 0 aliphatic heterocycles. The molecule has 0 spiro atoms. The van der Waals surface area contributed by atoms with Crippen LogP contribution in [0.2, 0.25) is 0 Å². The van der Waals surface area contributed by atoms with Crippen LogP contribution in [-0.4, -0.2) is 6.36 Å². The summed E-state index contributed by atoms with van der Waals surface area (Å²) in [6.07, 6.45) is -0.755. The molecule has 1 aliphatic carbocycles. The first-order chi connectivity index (χ1) is 8.87. The van der Waals surface area contributed by atoms with Crippen molar-refractivity contribution in [2.24, 2.45) is 11.7 Å². The highest BCUT2D eigenvalue weighted by Gasteiger charge is 2.32. The van der Waals surface area contributed by atoms with Crippen molar-refractivity contribution in [2.75, 3.05) is 0 Å². The predicted octanol–water partition coefficient (Wildman–Crippen LogP) is 4.34. The number of hydrogen-bond acceptors (Lipinski definition) is 2. The van der Waals surface area contributed by atoms with Crippen LogP contribution >= 0.6 is 12.4 Å². The maximum atomic E-state index is 13.5. The van der Waals surface area contributed by atoms with E-state index < -0.39 is 17.9 Å². The summed E-state index contributed by atoms with van der Waals surface area (Å²) >= 11 is 0. The minimum Gasteiger partial charge on any atom is -0.403 e. The average Bonchev–Trinajstić information content (AvgIpc) is 2.82. The topological polar surface area (TPSA) is 35.2 Å². The van der Waals surface area contributed by atoms with Crippen molar-refractivity contribution in [3.63, 3.8) is 0 Å². The normalized spacial score (nSPS) is 17.6. The number of ether oxygens (including phenoxy) is 1. The van der Waals surface area contributed by atoms with Gasteiger partial charge in [0.1, 0.15) is 0 Å². The Morgan fingerprint density at radius 3 is 2.30 bits per heavy atom. The zero-order chi connectivity index (χ0) is 14.0. The fraction of sp³-hybridized carbons (Fsp3) is 0.538. The Morgan fingerprint density at radius 2 is 1.80 bits per heavy atom. The molecule has 1 fully saturated rings. The van der Waals surface area contributed by atoms with Crippen LogP contribution in [0.4, 0.5) is 17.6 Å². The van der Waals surface area contributed by atoms with Gasteiger partial charge in [-0.1, -0.05) is 18.9 Å². The lowest BCUT2D eigenvalue weighted by atomic mass is 9.92. The van der Waals surface area contributed by atoms with Crippen LogP contribution < -0.4 is 10.5 Å². The van der Waals surface area contributed by atoms with Crippen LogP contribution in [0.3, 0.4) is 0 Å². The summed E-state index contributed by atoms with van der Waals surface area (Å²) in [7, 11) is 0. The molecule has 0 amide bonds. The smallest absolute Gasteiger partial charge is 0.403 e. The molecule has 1 aliphatic rings. The first-order valence-electron chi connectivity index (χ1n) is 6.17. The van der Waals surface area contributed by atoms with E-state index in [9.17, 15) is 17.6 Å². The molecular formula is C13H16ClF4NO. The fourth-order valence-corrected chi connectivity index (χ4v) is 2.52. The second-order valence-electron chi connectivity index (χ2n) is 4.81. The zero-order valence-corrected chi connectivity index (χ0v) is 11.4. The molecule has 2 N–H and O–H groups in total. The van der Waals surface area contributed by atoms with Gasteiger partial charge in [0.15, 0.2) is 11.6 Å². The van der Waals surface area contributed by atoms with Crippen molar-refractivity contribution < 1.29 is 22.3 Å². The highest BCUT2D eigenvalue weighted by atomic mass is 35.5. The molecule has 0 aromatic heterocycles. The van der Waals surface area contributed by atoms with E-state index in [0.717, 1.165) is 37.8 Å². The Balaban J connectivity index is 0.00000200. The largest absolute Gasteiger partial charge is 0.573 e. The third-order valence-electron chi connectivity index (χ3n) is 3.47. The van der Waals surface area contributed by atoms with Crippen LogP contribution in [0.5, 0.6) is 5.75 Å². The molecule has 1 aromatic rings. The molecule has 0 radical (unpaired) electrons. The van der Waals surface area contributed by atoms with Gasteiger partial charge in [0, 0.05) is 6.04 Å². The van der Waals surface area contributed by atoms with E-state index in [-0.39, 0.29) is 24.4 Å². The van der Waals surface area contributed by atoms with Crippen molar-refractivity contribution in [2.45, 2.75) is 38.1 Å². The third kappa shape index (κ3) is 4.24. The summed E-state index contributed by atoms with van der Waals surface area (Å²) in [6, 6.07) is 3.07. The van der Waals surface area contributed by atoms with Crippen LogP contribution in [0.25, 0.3) is 0 Å². The Labute approximate surface area is 120 Å². The van der Waals surface area contributed by atoms with Crippen molar-refractivity contribution in [3.05, 3.63) is 29.6 Å². The quantitative estimate of drug-likeness (QED) is 0.843. The molecule has 1 aromatic carbocycles. The predicted molar refractivity (Wildman–Crippen MR) is 69.2 cm³/mol. The summed E-state index contributed by atoms with van der Waals surface area (Å²) in [5, 5.41) is 0. The van der Waals surface area contributed by atoms with E-state index in [1.807, 2.05) is 0 Å². The third-order valence-corrected chi connectivity index (χ3v) is 3.47.